The molecule has 2 aromatic rings. The molecule has 2 aliphatic rings. The second kappa shape index (κ2) is 8.66. The van der Waals surface area contributed by atoms with Crippen LogP contribution in [0, 0.1) is 23.2 Å². The van der Waals surface area contributed by atoms with Gasteiger partial charge < -0.3 is 4.90 Å². The number of nitrogens with zero attached hydrogens (tertiary/aromatic N) is 2. The number of benzene rings is 2. The molecule has 2 fully saturated rings. The molecule has 4 rings (SSSR count). The highest BCUT2D eigenvalue weighted by Crippen LogP contribution is 2.38. The first-order valence-electron chi connectivity index (χ1n) is 10.3. The number of rotatable bonds is 7. The van der Waals surface area contributed by atoms with Gasteiger partial charge in [0.25, 0.3) is 0 Å². The maximum Gasteiger partial charge on any atom is 0.242 e. The van der Waals surface area contributed by atoms with Crippen LogP contribution in [0.15, 0.2) is 59.5 Å². The van der Waals surface area contributed by atoms with Crippen molar-refractivity contribution in [3.63, 3.8) is 0 Å². The van der Waals surface area contributed by atoms with Gasteiger partial charge in [-0.2, -0.15) is 5.26 Å². The van der Waals surface area contributed by atoms with E-state index < -0.39 is 10.0 Å². The van der Waals surface area contributed by atoms with Crippen LogP contribution >= 0.6 is 0 Å². The Hall–Kier alpha value is -2.20. The van der Waals surface area contributed by atoms with Gasteiger partial charge >= 0.3 is 0 Å². The van der Waals surface area contributed by atoms with Gasteiger partial charge in [-0.25, -0.2) is 13.1 Å². The predicted molar refractivity (Wildman–Crippen MR) is 113 cm³/mol. The second-order valence-corrected chi connectivity index (χ2v) is 9.88. The van der Waals surface area contributed by atoms with Crippen LogP contribution in [0.5, 0.6) is 0 Å². The number of likely N-dealkylation sites (tertiary alicyclic amines) is 1. The highest BCUT2D eigenvalue weighted by atomic mass is 32.2. The van der Waals surface area contributed by atoms with Crippen molar-refractivity contribution in [3.05, 3.63) is 65.7 Å². The molecule has 1 N–H and O–H groups in total. The summed E-state index contributed by atoms with van der Waals surface area (Å²) >= 11 is 0. The van der Waals surface area contributed by atoms with Gasteiger partial charge in [-0.1, -0.05) is 42.5 Å². The van der Waals surface area contributed by atoms with Crippen LogP contribution in [-0.4, -0.2) is 39.0 Å². The lowest BCUT2D eigenvalue weighted by molar-refractivity contribution is 0.139. The summed E-state index contributed by atoms with van der Waals surface area (Å²) in [6, 6.07) is 18.9. The van der Waals surface area contributed by atoms with Gasteiger partial charge in [0.15, 0.2) is 0 Å². The van der Waals surface area contributed by atoms with E-state index in [0.717, 1.165) is 45.3 Å². The molecule has 29 heavy (non-hydrogen) atoms. The normalized spacial score (nSPS) is 24.3. The molecule has 0 aromatic heterocycles. The van der Waals surface area contributed by atoms with E-state index in [4.69, 9.17) is 0 Å². The molecule has 1 aliphatic carbocycles. The monoisotopic (exact) mass is 409 g/mol. The SMILES string of the molecule is N#Cc1ccccc1S(=O)(=O)NC1[C@@H]2CC[C@H]1CN(CCCc1ccccc1)C2. The van der Waals surface area contributed by atoms with Crippen molar-refractivity contribution in [1.82, 2.24) is 9.62 Å². The Kier molecular flexibility index (Phi) is 6.00. The van der Waals surface area contributed by atoms with E-state index in [9.17, 15) is 13.7 Å². The third-order valence-electron chi connectivity index (χ3n) is 6.28. The first-order valence-corrected chi connectivity index (χ1v) is 11.8. The van der Waals surface area contributed by atoms with E-state index in [1.165, 1.54) is 11.6 Å². The summed E-state index contributed by atoms with van der Waals surface area (Å²) in [5, 5.41) is 9.25. The number of fused-ring (bicyclic) bond motifs is 2. The first kappa shape index (κ1) is 20.1. The minimum Gasteiger partial charge on any atom is -0.303 e. The zero-order valence-electron chi connectivity index (χ0n) is 16.5. The molecule has 5 nitrogen and oxygen atoms in total. The van der Waals surface area contributed by atoms with Crippen molar-refractivity contribution in [2.45, 2.75) is 36.6 Å². The minimum absolute atomic E-state index is 0.0304. The van der Waals surface area contributed by atoms with Crippen molar-refractivity contribution in [1.29, 1.82) is 5.26 Å². The fourth-order valence-electron chi connectivity index (χ4n) is 4.88. The topological polar surface area (TPSA) is 73.2 Å². The van der Waals surface area contributed by atoms with Crippen molar-refractivity contribution >= 4 is 10.0 Å². The van der Waals surface area contributed by atoms with Crippen molar-refractivity contribution < 1.29 is 8.42 Å². The lowest BCUT2D eigenvalue weighted by Gasteiger charge is -2.38. The Labute approximate surface area is 173 Å². The third-order valence-corrected chi connectivity index (χ3v) is 7.80. The molecular formula is C23H27N3O2S. The van der Waals surface area contributed by atoms with Crippen LogP contribution in [0.25, 0.3) is 0 Å². The number of aryl methyl sites for hydroxylation is 1. The van der Waals surface area contributed by atoms with Crippen LogP contribution in [0.1, 0.15) is 30.4 Å². The van der Waals surface area contributed by atoms with Gasteiger partial charge in [0.2, 0.25) is 10.0 Å². The molecule has 0 radical (unpaired) electrons. The van der Waals surface area contributed by atoms with Crippen molar-refractivity contribution in [2.24, 2.45) is 11.8 Å². The van der Waals surface area contributed by atoms with Crippen LogP contribution in [0.2, 0.25) is 0 Å². The lowest BCUT2D eigenvalue weighted by Crippen LogP contribution is -2.52. The molecule has 1 aliphatic heterocycles. The van der Waals surface area contributed by atoms with E-state index in [0.29, 0.717) is 11.8 Å². The number of nitriles is 1. The quantitative estimate of drug-likeness (QED) is 0.762. The number of hydrogen-bond donors (Lipinski definition) is 1. The highest BCUT2D eigenvalue weighted by Gasteiger charge is 2.43. The summed E-state index contributed by atoms with van der Waals surface area (Å²) in [5.74, 6) is 0.684. The van der Waals surface area contributed by atoms with Crippen LogP contribution in [0.3, 0.4) is 0 Å². The van der Waals surface area contributed by atoms with Gasteiger partial charge in [-0.05, 0) is 61.8 Å². The van der Waals surface area contributed by atoms with E-state index >= 15 is 0 Å². The summed E-state index contributed by atoms with van der Waals surface area (Å²) < 4.78 is 28.8. The smallest absolute Gasteiger partial charge is 0.242 e. The van der Waals surface area contributed by atoms with E-state index in [1.807, 2.05) is 12.1 Å². The average Bonchev–Trinajstić information content (AvgIpc) is 2.96. The number of piperidine rings is 1. The molecule has 1 saturated heterocycles. The average molecular weight is 410 g/mol. The maximum absolute atomic E-state index is 12.9. The van der Waals surface area contributed by atoms with Gasteiger partial charge in [0, 0.05) is 19.1 Å². The fourth-order valence-corrected chi connectivity index (χ4v) is 6.41. The zero-order chi connectivity index (χ0) is 20.3. The number of sulfonamides is 1. The summed E-state index contributed by atoms with van der Waals surface area (Å²) in [4.78, 5) is 2.59. The van der Waals surface area contributed by atoms with Crippen LogP contribution in [0.4, 0.5) is 0 Å². The Morgan fingerprint density at radius 3 is 2.34 bits per heavy atom. The number of hydrogen-bond acceptors (Lipinski definition) is 4. The molecule has 152 valence electrons. The van der Waals surface area contributed by atoms with Crippen molar-refractivity contribution in [2.75, 3.05) is 19.6 Å². The van der Waals surface area contributed by atoms with E-state index in [2.05, 4.69) is 33.9 Å². The van der Waals surface area contributed by atoms with Crippen molar-refractivity contribution in [3.8, 4) is 6.07 Å². The molecule has 1 saturated carbocycles. The summed E-state index contributed by atoms with van der Waals surface area (Å²) in [7, 11) is -3.69. The maximum atomic E-state index is 12.9. The molecule has 0 spiro atoms. The third kappa shape index (κ3) is 4.53. The molecule has 6 heteroatoms. The van der Waals surface area contributed by atoms with Crippen LogP contribution in [-0.2, 0) is 16.4 Å². The fraction of sp³-hybridized carbons (Fsp3) is 0.435. The largest absolute Gasteiger partial charge is 0.303 e. The van der Waals surface area contributed by atoms with Gasteiger partial charge in [-0.15, -0.1) is 0 Å². The molecule has 1 unspecified atom stereocenters. The Balaban J connectivity index is 1.36. The van der Waals surface area contributed by atoms with E-state index in [-0.39, 0.29) is 16.5 Å². The first-order chi connectivity index (χ1) is 14.1. The molecule has 2 aromatic carbocycles. The highest BCUT2D eigenvalue weighted by molar-refractivity contribution is 7.89. The molecule has 3 atom stereocenters. The lowest BCUT2D eigenvalue weighted by atomic mass is 9.93. The summed E-state index contributed by atoms with van der Waals surface area (Å²) in [6.45, 7) is 2.94. The van der Waals surface area contributed by atoms with E-state index in [1.54, 1.807) is 18.2 Å². The van der Waals surface area contributed by atoms with Gasteiger partial charge in [0.1, 0.15) is 6.07 Å². The zero-order valence-corrected chi connectivity index (χ0v) is 17.3. The van der Waals surface area contributed by atoms with Crippen LogP contribution < -0.4 is 4.72 Å². The molecule has 1 heterocycles. The summed E-state index contributed by atoms with van der Waals surface area (Å²) in [5.41, 5.74) is 1.57. The Morgan fingerprint density at radius 2 is 1.66 bits per heavy atom. The molecule has 0 amide bonds. The summed E-state index contributed by atoms with van der Waals surface area (Å²) in [6.07, 6.45) is 4.32. The predicted octanol–water partition coefficient (Wildman–Crippen LogP) is 3.18. The Bertz CT molecular complexity index is 971. The molecular weight excluding hydrogens is 382 g/mol. The van der Waals surface area contributed by atoms with Gasteiger partial charge in [-0.3, -0.25) is 0 Å². The number of nitrogens with one attached hydrogen (secondary N) is 1. The van der Waals surface area contributed by atoms with Gasteiger partial charge in [0.05, 0.1) is 10.5 Å². The second-order valence-electron chi connectivity index (χ2n) is 8.20. The molecule has 2 bridgehead atoms. The standard InChI is InChI=1S/C23H27N3O2S/c24-15-19-10-4-5-11-22(19)29(27,28)25-23-20-12-13-21(23)17-26(16-20)14-6-9-18-7-2-1-3-8-18/h1-5,7-8,10-11,20-21,23,25H,6,9,12-14,16-17H2/t20-,21+,23?. The minimum atomic E-state index is -3.69. The Morgan fingerprint density at radius 1 is 1.00 bits per heavy atom.